The third kappa shape index (κ3) is 12.9. The van der Waals surface area contributed by atoms with Gasteiger partial charge in [-0.15, -0.1) is 0 Å². The molecule has 0 aliphatic heterocycles. The van der Waals surface area contributed by atoms with Crippen LogP contribution >= 0.6 is 12.6 Å². The van der Waals surface area contributed by atoms with Crippen LogP contribution in [0.5, 0.6) is 0 Å². The van der Waals surface area contributed by atoms with Gasteiger partial charge in [-0.2, -0.15) is 12.6 Å². The molecule has 164 valence electrons. The maximum Gasteiger partial charge on any atom is 0.134 e. The Balaban J connectivity index is 0.000000574. The molecule has 0 atom stereocenters. The molecule has 0 saturated carbocycles. The molecule has 0 spiro atoms. The Labute approximate surface area is 188 Å². The monoisotopic (exact) mass is 426 g/mol. The van der Waals surface area contributed by atoms with Crippen molar-refractivity contribution in [2.75, 3.05) is 19.3 Å². The first kappa shape index (κ1) is 27.5. The zero-order chi connectivity index (χ0) is 22.6. The van der Waals surface area contributed by atoms with E-state index in [0.29, 0.717) is 5.69 Å². The molecule has 0 unspecified atom stereocenters. The lowest BCUT2D eigenvalue weighted by Crippen LogP contribution is -2.23. The fraction of sp³-hybridized carbons (Fsp3) is 0.320. The second kappa shape index (κ2) is 18.5. The van der Waals surface area contributed by atoms with Crippen molar-refractivity contribution < 1.29 is 0 Å². The Morgan fingerprint density at radius 2 is 1.67 bits per heavy atom. The van der Waals surface area contributed by atoms with Gasteiger partial charge in [-0.25, -0.2) is 0 Å². The van der Waals surface area contributed by atoms with E-state index in [1.165, 1.54) is 5.56 Å². The first-order valence-corrected chi connectivity index (χ1v) is 11.0. The number of nitrogen functional groups attached to an aromatic ring is 1. The van der Waals surface area contributed by atoms with Gasteiger partial charge in [0, 0.05) is 29.7 Å². The fourth-order valence-electron chi connectivity index (χ4n) is 2.13. The minimum atomic E-state index is 0.705. The number of anilines is 1. The van der Waals surface area contributed by atoms with Crippen LogP contribution in [0, 0.1) is 0 Å². The third-order valence-corrected chi connectivity index (χ3v) is 4.17. The molecular weight excluding hydrogens is 388 g/mol. The highest BCUT2D eigenvalue weighted by Crippen LogP contribution is 2.11. The Hall–Kier alpha value is -2.50. The SMILES string of the molecule is C=C(/C=C/CCC)NC(=NC)c1ccccc1N.CCCN.SCc1ccccc1. The van der Waals surface area contributed by atoms with Crippen LogP contribution in [0.25, 0.3) is 0 Å². The van der Waals surface area contributed by atoms with Gasteiger partial charge in [0.2, 0.25) is 0 Å². The van der Waals surface area contributed by atoms with E-state index in [9.17, 15) is 0 Å². The smallest absolute Gasteiger partial charge is 0.134 e. The summed E-state index contributed by atoms with van der Waals surface area (Å²) in [5.41, 5.74) is 14.6. The van der Waals surface area contributed by atoms with Crippen molar-refractivity contribution in [3.05, 3.63) is 90.2 Å². The lowest BCUT2D eigenvalue weighted by molar-refractivity contribution is 0.932. The minimum absolute atomic E-state index is 0.705. The summed E-state index contributed by atoms with van der Waals surface area (Å²) < 4.78 is 0. The maximum absolute atomic E-state index is 5.93. The molecule has 0 bridgehead atoms. The number of amidine groups is 1. The van der Waals surface area contributed by atoms with Crippen LogP contribution in [-0.2, 0) is 5.75 Å². The highest BCUT2D eigenvalue weighted by Gasteiger charge is 2.05. The normalized spacial score (nSPS) is 10.5. The summed E-state index contributed by atoms with van der Waals surface area (Å²) in [6.45, 7) is 8.97. The zero-order valence-corrected chi connectivity index (χ0v) is 19.5. The van der Waals surface area contributed by atoms with Gasteiger partial charge in [0.25, 0.3) is 0 Å². The van der Waals surface area contributed by atoms with Crippen LogP contribution in [0.2, 0.25) is 0 Å². The maximum atomic E-state index is 5.93. The third-order valence-electron chi connectivity index (χ3n) is 3.81. The van der Waals surface area contributed by atoms with Gasteiger partial charge in [-0.3, -0.25) is 4.99 Å². The second-order valence-corrected chi connectivity index (χ2v) is 6.75. The van der Waals surface area contributed by atoms with Crippen molar-refractivity contribution in [2.45, 2.75) is 38.9 Å². The number of hydrogen-bond donors (Lipinski definition) is 4. The number of nitrogens with zero attached hydrogens (tertiary/aromatic N) is 1. The molecule has 0 fully saturated rings. The number of nitrogens with one attached hydrogen (secondary N) is 1. The van der Waals surface area contributed by atoms with Gasteiger partial charge in [-0.05, 0) is 43.2 Å². The van der Waals surface area contributed by atoms with Crippen molar-refractivity contribution >= 4 is 24.2 Å². The molecule has 0 radical (unpaired) electrons. The average molecular weight is 427 g/mol. The summed E-state index contributed by atoms with van der Waals surface area (Å²) >= 11 is 4.11. The number of rotatable bonds is 7. The van der Waals surface area contributed by atoms with Crippen LogP contribution in [0.15, 0.2) is 84.0 Å². The van der Waals surface area contributed by atoms with E-state index in [0.717, 1.165) is 48.7 Å². The standard InChI is InChI=1S/C15H21N3.C7H8S.C3H9N/c1-4-5-6-9-12(2)18-15(17-3)13-10-7-8-11-14(13)16;8-6-7-4-2-1-3-5-7;1-2-3-4/h6-11H,2,4-5,16H2,1,3H3,(H,17,18);1-5,8H,6H2;2-4H2,1H3/b9-6+;;. The van der Waals surface area contributed by atoms with Crippen LogP contribution in [0.1, 0.15) is 44.2 Å². The molecule has 0 heterocycles. The summed E-state index contributed by atoms with van der Waals surface area (Å²) in [5, 5.41) is 3.17. The lowest BCUT2D eigenvalue weighted by Gasteiger charge is -2.11. The van der Waals surface area contributed by atoms with Crippen molar-refractivity contribution in [3.63, 3.8) is 0 Å². The molecule has 0 amide bonds. The van der Waals surface area contributed by atoms with Gasteiger partial charge in [-0.1, -0.05) is 75.4 Å². The molecule has 0 aromatic heterocycles. The van der Waals surface area contributed by atoms with Crippen LogP contribution in [0.4, 0.5) is 5.69 Å². The van der Waals surface area contributed by atoms with Crippen molar-refractivity contribution in [1.29, 1.82) is 0 Å². The minimum Gasteiger partial charge on any atom is -0.398 e. The van der Waals surface area contributed by atoms with E-state index >= 15 is 0 Å². The first-order valence-electron chi connectivity index (χ1n) is 10.3. The highest BCUT2D eigenvalue weighted by molar-refractivity contribution is 7.79. The van der Waals surface area contributed by atoms with E-state index in [1.54, 1.807) is 7.05 Å². The Kier molecular flexibility index (Phi) is 17.0. The van der Waals surface area contributed by atoms with Gasteiger partial charge in [0.05, 0.1) is 0 Å². The molecule has 0 saturated heterocycles. The van der Waals surface area contributed by atoms with Crippen LogP contribution in [0.3, 0.4) is 0 Å². The number of aliphatic imine (C=N–C) groups is 1. The largest absolute Gasteiger partial charge is 0.398 e. The molecule has 5 N–H and O–H groups in total. The molecule has 2 aromatic rings. The first-order chi connectivity index (χ1) is 14.5. The molecule has 5 heteroatoms. The quantitative estimate of drug-likeness (QED) is 0.154. The topological polar surface area (TPSA) is 76.4 Å². The summed E-state index contributed by atoms with van der Waals surface area (Å²) in [6.07, 6.45) is 7.34. The summed E-state index contributed by atoms with van der Waals surface area (Å²) in [4.78, 5) is 4.22. The lowest BCUT2D eigenvalue weighted by atomic mass is 10.1. The van der Waals surface area contributed by atoms with E-state index in [-0.39, 0.29) is 0 Å². The number of para-hydroxylation sites is 1. The van der Waals surface area contributed by atoms with Crippen LogP contribution < -0.4 is 16.8 Å². The number of thiol groups is 1. The molecular formula is C25H38N4S. The molecule has 0 aliphatic rings. The molecule has 2 rings (SSSR count). The number of nitrogens with two attached hydrogens (primary N) is 2. The van der Waals surface area contributed by atoms with E-state index in [1.807, 2.05) is 48.5 Å². The van der Waals surface area contributed by atoms with Crippen molar-refractivity contribution in [3.8, 4) is 0 Å². The number of unbranched alkanes of at least 4 members (excludes halogenated alkanes) is 1. The number of hydrogen-bond acceptors (Lipinski definition) is 4. The summed E-state index contributed by atoms with van der Waals surface area (Å²) in [5.74, 6) is 1.57. The van der Waals surface area contributed by atoms with E-state index in [2.05, 4.69) is 61.6 Å². The van der Waals surface area contributed by atoms with Gasteiger partial charge < -0.3 is 16.8 Å². The van der Waals surface area contributed by atoms with Crippen molar-refractivity contribution in [1.82, 2.24) is 5.32 Å². The Morgan fingerprint density at radius 3 is 2.13 bits per heavy atom. The summed E-state index contributed by atoms with van der Waals surface area (Å²) in [7, 11) is 1.73. The summed E-state index contributed by atoms with van der Waals surface area (Å²) in [6, 6.07) is 17.8. The predicted molar refractivity (Wildman–Crippen MR) is 138 cm³/mol. The average Bonchev–Trinajstić information content (AvgIpc) is 2.79. The highest BCUT2D eigenvalue weighted by atomic mass is 32.1. The van der Waals surface area contributed by atoms with Crippen molar-refractivity contribution in [2.24, 2.45) is 10.7 Å². The Bertz CT molecular complexity index is 753. The number of benzene rings is 2. The van der Waals surface area contributed by atoms with Crippen LogP contribution in [-0.4, -0.2) is 19.4 Å². The second-order valence-electron chi connectivity index (χ2n) is 6.43. The van der Waals surface area contributed by atoms with E-state index < -0.39 is 0 Å². The van der Waals surface area contributed by atoms with Gasteiger partial charge in [0.15, 0.2) is 0 Å². The predicted octanol–water partition coefficient (Wildman–Crippen LogP) is 5.58. The zero-order valence-electron chi connectivity index (χ0n) is 18.6. The molecule has 0 aliphatic carbocycles. The van der Waals surface area contributed by atoms with E-state index in [4.69, 9.17) is 11.5 Å². The van der Waals surface area contributed by atoms with Gasteiger partial charge in [0.1, 0.15) is 5.84 Å². The molecule has 2 aromatic carbocycles. The van der Waals surface area contributed by atoms with Gasteiger partial charge >= 0.3 is 0 Å². The Morgan fingerprint density at radius 1 is 1.07 bits per heavy atom. The molecule has 30 heavy (non-hydrogen) atoms. The molecule has 4 nitrogen and oxygen atoms in total. The fourth-order valence-corrected chi connectivity index (χ4v) is 2.34. The number of allylic oxidation sites excluding steroid dienone is 2.